The second kappa shape index (κ2) is 8.60. The van der Waals surface area contributed by atoms with Gasteiger partial charge in [0.15, 0.2) is 11.5 Å². The van der Waals surface area contributed by atoms with Gasteiger partial charge in [-0.15, -0.1) is 0 Å². The van der Waals surface area contributed by atoms with Gasteiger partial charge in [-0.3, -0.25) is 9.69 Å². The Balaban J connectivity index is 1.75. The molecule has 0 unspecified atom stereocenters. The number of nitrogens with one attached hydrogen (secondary N) is 1. The summed E-state index contributed by atoms with van der Waals surface area (Å²) in [5.74, 6) is 1.41. The maximum atomic E-state index is 11.9. The molecule has 1 amide bonds. The van der Waals surface area contributed by atoms with Gasteiger partial charge in [-0.2, -0.15) is 0 Å². The number of carbonyl (C=O) groups excluding carboxylic acids is 1. The smallest absolute Gasteiger partial charge is 0.221 e. The monoisotopic (exact) mass is 308 g/mol. The Morgan fingerprint density at radius 2 is 1.95 bits per heavy atom. The van der Waals surface area contributed by atoms with E-state index in [4.69, 9.17) is 14.2 Å². The van der Waals surface area contributed by atoms with Gasteiger partial charge in [-0.25, -0.2) is 0 Å². The Labute approximate surface area is 131 Å². The van der Waals surface area contributed by atoms with Crippen LogP contribution < -0.4 is 14.8 Å². The molecule has 2 rings (SSSR count). The van der Waals surface area contributed by atoms with Crippen molar-refractivity contribution in [2.45, 2.75) is 13.0 Å². The van der Waals surface area contributed by atoms with Crippen LogP contribution in [0.15, 0.2) is 18.2 Å². The first-order valence-corrected chi connectivity index (χ1v) is 7.50. The van der Waals surface area contributed by atoms with Crippen LogP contribution in [0.25, 0.3) is 0 Å². The number of nitrogens with zero attached hydrogens (tertiary/aromatic N) is 1. The molecular weight excluding hydrogens is 284 g/mol. The summed E-state index contributed by atoms with van der Waals surface area (Å²) in [4.78, 5) is 14.2. The fourth-order valence-electron chi connectivity index (χ4n) is 2.36. The molecule has 0 atom stereocenters. The number of rotatable bonds is 7. The van der Waals surface area contributed by atoms with Crippen LogP contribution in [0.2, 0.25) is 0 Å². The van der Waals surface area contributed by atoms with E-state index in [-0.39, 0.29) is 5.91 Å². The molecule has 22 heavy (non-hydrogen) atoms. The quantitative estimate of drug-likeness (QED) is 0.815. The van der Waals surface area contributed by atoms with Gasteiger partial charge in [-0.05, 0) is 17.7 Å². The topological polar surface area (TPSA) is 60.0 Å². The highest BCUT2D eigenvalue weighted by Gasteiger charge is 2.12. The molecule has 1 heterocycles. The predicted octanol–water partition coefficient (Wildman–Crippen LogP) is 1.04. The Hall–Kier alpha value is -1.79. The number of morpholine rings is 1. The Morgan fingerprint density at radius 1 is 1.23 bits per heavy atom. The number of carbonyl (C=O) groups is 1. The van der Waals surface area contributed by atoms with Crippen molar-refractivity contribution >= 4 is 5.91 Å². The molecule has 1 aromatic rings. The van der Waals surface area contributed by atoms with Crippen molar-refractivity contribution in [3.05, 3.63) is 23.8 Å². The predicted molar refractivity (Wildman–Crippen MR) is 83.3 cm³/mol. The van der Waals surface area contributed by atoms with Gasteiger partial charge >= 0.3 is 0 Å². The fourth-order valence-corrected chi connectivity index (χ4v) is 2.36. The highest BCUT2D eigenvalue weighted by atomic mass is 16.5. The lowest BCUT2D eigenvalue weighted by Gasteiger charge is -2.26. The first-order chi connectivity index (χ1) is 10.7. The molecule has 1 aliphatic heterocycles. The van der Waals surface area contributed by atoms with Crippen molar-refractivity contribution in [2.75, 3.05) is 47.1 Å². The van der Waals surface area contributed by atoms with E-state index in [2.05, 4.69) is 10.2 Å². The molecule has 122 valence electrons. The van der Waals surface area contributed by atoms with Gasteiger partial charge in [0, 0.05) is 32.6 Å². The Kier molecular flexibility index (Phi) is 6.48. The van der Waals surface area contributed by atoms with E-state index in [1.54, 1.807) is 14.2 Å². The second-order valence-corrected chi connectivity index (χ2v) is 5.17. The van der Waals surface area contributed by atoms with Crippen LogP contribution in [-0.4, -0.2) is 57.9 Å². The minimum atomic E-state index is 0.0567. The van der Waals surface area contributed by atoms with Crippen molar-refractivity contribution in [1.29, 1.82) is 0 Å². The molecule has 0 aliphatic carbocycles. The van der Waals surface area contributed by atoms with E-state index in [1.165, 1.54) is 0 Å². The summed E-state index contributed by atoms with van der Waals surface area (Å²) >= 11 is 0. The van der Waals surface area contributed by atoms with Gasteiger partial charge in [0.2, 0.25) is 5.91 Å². The second-order valence-electron chi connectivity index (χ2n) is 5.17. The summed E-state index contributed by atoms with van der Waals surface area (Å²) in [7, 11) is 3.20. The van der Waals surface area contributed by atoms with Crippen molar-refractivity contribution in [1.82, 2.24) is 10.2 Å². The van der Waals surface area contributed by atoms with Crippen LogP contribution >= 0.6 is 0 Å². The van der Waals surface area contributed by atoms with Gasteiger partial charge in [0.05, 0.1) is 27.4 Å². The highest BCUT2D eigenvalue weighted by Crippen LogP contribution is 2.27. The van der Waals surface area contributed by atoms with Crippen LogP contribution in [-0.2, 0) is 16.1 Å². The van der Waals surface area contributed by atoms with E-state index in [0.717, 1.165) is 38.4 Å². The number of hydrogen-bond acceptors (Lipinski definition) is 5. The highest BCUT2D eigenvalue weighted by molar-refractivity contribution is 5.76. The van der Waals surface area contributed by atoms with Crippen LogP contribution in [0.4, 0.5) is 0 Å². The van der Waals surface area contributed by atoms with Crippen molar-refractivity contribution in [2.24, 2.45) is 0 Å². The van der Waals surface area contributed by atoms with Crippen molar-refractivity contribution < 1.29 is 19.0 Å². The summed E-state index contributed by atoms with van der Waals surface area (Å²) < 4.78 is 15.7. The number of hydrogen-bond donors (Lipinski definition) is 1. The van der Waals surface area contributed by atoms with E-state index >= 15 is 0 Å². The van der Waals surface area contributed by atoms with Crippen molar-refractivity contribution in [3.8, 4) is 11.5 Å². The lowest BCUT2D eigenvalue weighted by molar-refractivity contribution is -0.121. The summed E-state index contributed by atoms with van der Waals surface area (Å²) in [5, 5.41) is 2.93. The van der Waals surface area contributed by atoms with E-state index in [0.29, 0.717) is 24.5 Å². The summed E-state index contributed by atoms with van der Waals surface area (Å²) in [6.07, 6.45) is 0.507. The van der Waals surface area contributed by atoms with Gasteiger partial charge in [0.1, 0.15) is 0 Å². The first kappa shape index (κ1) is 16.6. The minimum absolute atomic E-state index is 0.0567. The van der Waals surface area contributed by atoms with Crippen LogP contribution in [0.5, 0.6) is 11.5 Å². The van der Waals surface area contributed by atoms with Gasteiger partial charge < -0.3 is 19.5 Å². The van der Waals surface area contributed by atoms with Gasteiger partial charge in [-0.1, -0.05) is 6.07 Å². The molecule has 6 heteroatoms. The molecule has 0 saturated carbocycles. The first-order valence-electron chi connectivity index (χ1n) is 7.50. The summed E-state index contributed by atoms with van der Waals surface area (Å²) in [6, 6.07) is 5.64. The summed E-state index contributed by atoms with van der Waals surface area (Å²) in [5.41, 5.74) is 0.984. The number of amides is 1. The molecule has 1 N–H and O–H groups in total. The molecule has 0 radical (unpaired) electrons. The molecule has 1 fully saturated rings. The molecule has 6 nitrogen and oxygen atoms in total. The van der Waals surface area contributed by atoms with Crippen LogP contribution in [0.3, 0.4) is 0 Å². The minimum Gasteiger partial charge on any atom is -0.493 e. The lowest BCUT2D eigenvalue weighted by atomic mass is 10.2. The molecule has 1 aliphatic rings. The Morgan fingerprint density at radius 3 is 2.64 bits per heavy atom. The normalized spacial score (nSPS) is 15.4. The van der Waals surface area contributed by atoms with Gasteiger partial charge in [0.25, 0.3) is 0 Å². The molecule has 0 aromatic heterocycles. The Bertz CT molecular complexity index is 487. The SMILES string of the molecule is COc1ccc(CNC(=O)CCN2CCOCC2)cc1OC. The van der Waals surface area contributed by atoms with Crippen molar-refractivity contribution in [3.63, 3.8) is 0 Å². The largest absolute Gasteiger partial charge is 0.493 e. The summed E-state index contributed by atoms with van der Waals surface area (Å²) in [6.45, 7) is 4.59. The zero-order valence-electron chi connectivity index (χ0n) is 13.3. The van der Waals surface area contributed by atoms with Crippen LogP contribution in [0, 0.1) is 0 Å². The molecule has 1 aromatic carbocycles. The standard InChI is InChI=1S/C16H24N2O4/c1-20-14-4-3-13(11-15(14)21-2)12-17-16(19)5-6-18-7-9-22-10-8-18/h3-4,11H,5-10,12H2,1-2H3,(H,17,19). The third kappa shape index (κ3) is 4.89. The maximum Gasteiger partial charge on any atom is 0.221 e. The third-order valence-corrected chi connectivity index (χ3v) is 3.70. The molecule has 0 bridgehead atoms. The molecule has 1 saturated heterocycles. The van der Waals surface area contributed by atoms with E-state index in [1.807, 2.05) is 18.2 Å². The number of ether oxygens (including phenoxy) is 3. The van der Waals surface area contributed by atoms with Crippen LogP contribution in [0.1, 0.15) is 12.0 Å². The lowest BCUT2D eigenvalue weighted by Crippen LogP contribution is -2.38. The number of benzene rings is 1. The fraction of sp³-hybridized carbons (Fsp3) is 0.562. The third-order valence-electron chi connectivity index (χ3n) is 3.70. The maximum absolute atomic E-state index is 11.9. The average molecular weight is 308 g/mol. The molecule has 0 spiro atoms. The molecular formula is C16H24N2O4. The van der Waals surface area contributed by atoms with E-state index in [9.17, 15) is 4.79 Å². The zero-order chi connectivity index (χ0) is 15.8. The number of methoxy groups -OCH3 is 2. The average Bonchev–Trinajstić information content (AvgIpc) is 2.58. The zero-order valence-corrected chi connectivity index (χ0v) is 13.3. The van der Waals surface area contributed by atoms with E-state index < -0.39 is 0 Å².